The lowest BCUT2D eigenvalue weighted by atomic mass is 10.1. The number of hydrogen-bond donors (Lipinski definition) is 3. The third kappa shape index (κ3) is 3.11. The van der Waals surface area contributed by atoms with Crippen molar-refractivity contribution in [1.82, 2.24) is 5.32 Å². The van der Waals surface area contributed by atoms with Crippen LogP contribution < -0.4 is 15.8 Å². The first-order chi connectivity index (χ1) is 10.2. The molecule has 0 aliphatic carbocycles. The van der Waals surface area contributed by atoms with Gasteiger partial charge in [0, 0.05) is 0 Å². The molecule has 0 unspecified atom stereocenters. The fourth-order valence-electron chi connectivity index (χ4n) is 1.77. The highest BCUT2D eigenvalue weighted by molar-refractivity contribution is 6.00. The van der Waals surface area contributed by atoms with Crippen molar-refractivity contribution < 1.29 is 14.6 Å². The lowest BCUT2D eigenvalue weighted by molar-refractivity contribution is 0.0949. The monoisotopic (exact) mass is 283 g/mol. The number of amides is 1. The number of hydrogen-bond acceptors (Lipinski definition) is 5. The Bertz CT molecular complexity index is 693. The van der Waals surface area contributed by atoms with E-state index in [1.54, 1.807) is 24.3 Å². The van der Waals surface area contributed by atoms with E-state index >= 15 is 0 Å². The minimum absolute atomic E-state index is 0.00495. The lowest BCUT2D eigenvalue weighted by Crippen LogP contribution is -2.29. The number of para-hydroxylation sites is 1. The van der Waals surface area contributed by atoms with Crippen LogP contribution in [0.25, 0.3) is 0 Å². The zero-order chi connectivity index (χ0) is 15.2. The van der Waals surface area contributed by atoms with Gasteiger partial charge >= 0.3 is 0 Å². The van der Waals surface area contributed by atoms with E-state index in [0.29, 0.717) is 5.75 Å². The van der Waals surface area contributed by atoms with Gasteiger partial charge in [-0.1, -0.05) is 18.2 Å². The van der Waals surface area contributed by atoms with Crippen LogP contribution in [0.15, 0.2) is 42.5 Å². The van der Waals surface area contributed by atoms with Crippen molar-refractivity contribution in [2.75, 3.05) is 6.67 Å². The van der Waals surface area contributed by atoms with Gasteiger partial charge < -0.3 is 20.9 Å². The van der Waals surface area contributed by atoms with E-state index in [1.165, 1.54) is 12.1 Å². The molecule has 0 spiro atoms. The second-order valence-corrected chi connectivity index (χ2v) is 4.07. The molecule has 0 bridgehead atoms. The fourth-order valence-corrected chi connectivity index (χ4v) is 1.77. The number of aromatic hydroxyl groups is 1. The summed E-state index contributed by atoms with van der Waals surface area (Å²) >= 11 is 0. The molecule has 2 aromatic carbocycles. The van der Waals surface area contributed by atoms with Crippen LogP contribution in [0, 0.1) is 11.3 Å². The van der Waals surface area contributed by atoms with Gasteiger partial charge in [0.15, 0.2) is 5.75 Å². The third-order valence-electron chi connectivity index (χ3n) is 2.71. The smallest absolute Gasteiger partial charge is 0.259 e. The van der Waals surface area contributed by atoms with Gasteiger partial charge in [0.1, 0.15) is 23.1 Å². The molecule has 0 aromatic heterocycles. The van der Waals surface area contributed by atoms with Crippen LogP contribution in [0.2, 0.25) is 0 Å². The highest BCUT2D eigenvalue weighted by Crippen LogP contribution is 2.34. The highest BCUT2D eigenvalue weighted by Gasteiger charge is 2.21. The van der Waals surface area contributed by atoms with Crippen LogP contribution in [0.4, 0.5) is 0 Å². The molecule has 2 rings (SSSR count). The standard InChI is InChI=1S/C15H13N3O3/c16-8-10-6-7-12(19)13(15(20)18-9-17)14(10)21-11-4-2-1-3-5-11/h1-7,19H,9,17H2,(H,18,20). The fraction of sp³-hybridized carbons (Fsp3) is 0.0667. The molecule has 6 nitrogen and oxygen atoms in total. The van der Waals surface area contributed by atoms with Crippen LogP contribution in [-0.4, -0.2) is 17.7 Å². The summed E-state index contributed by atoms with van der Waals surface area (Å²) in [6.45, 7) is -0.0974. The maximum atomic E-state index is 12.0. The molecule has 0 saturated carbocycles. The highest BCUT2D eigenvalue weighted by atomic mass is 16.5. The van der Waals surface area contributed by atoms with Gasteiger partial charge in [-0.3, -0.25) is 4.79 Å². The predicted molar refractivity (Wildman–Crippen MR) is 75.9 cm³/mol. The van der Waals surface area contributed by atoms with E-state index in [-0.39, 0.29) is 29.3 Å². The maximum Gasteiger partial charge on any atom is 0.259 e. The molecular weight excluding hydrogens is 270 g/mol. The number of rotatable bonds is 4. The van der Waals surface area contributed by atoms with Gasteiger partial charge in [0.2, 0.25) is 0 Å². The van der Waals surface area contributed by atoms with Crippen molar-refractivity contribution in [3.05, 3.63) is 53.6 Å². The first-order valence-corrected chi connectivity index (χ1v) is 6.14. The topological polar surface area (TPSA) is 108 Å². The van der Waals surface area contributed by atoms with Crippen molar-refractivity contribution >= 4 is 5.91 Å². The second kappa shape index (κ2) is 6.41. The molecule has 1 amide bonds. The number of phenolic OH excluding ortho intramolecular Hbond substituents is 1. The normalized spacial score (nSPS) is 9.71. The Kier molecular flexibility index (Phi) is 4.39. The van der Waals surface area contributed by atoms with E-state index in [1.807, 2.05) is 12.1 Å². The number of benzene rings is 2. The van der Waals surface area contributed by atoms with E-state index in [4.69, 9.17) is 15.7 Å². The number of carbonyl (C=O) groups excluding carboxylic acids is 1. The molecule has 6 heteroatoms. The molecule has 0 aliphatic heterocycles. The van der Waals surface area contributed by atoms with Crippen LogP contribution in [0.3, 0.4) is 0 Å². The van der Waals surface area contributed by atoms with Gasteiger partial charge in [-0.15, -0.1) is 0 Å². The van der Waals surface area contributed by atoms with Crippen LogP contribution >= 0.6 is 0 Å². The number of nitrogens with zero attached hydrogens (tertiary/aromatic N) is 1. The first kappa shape index (κ1) is 14.4. The quantitative estimate of drug-likeness (QED) is 0.740. The number of nitrogens with one attached hydrogen (secondary N) is 1. The van der Waals surface area contributed by atoms with Crippen molar-refractivity contribution in [3.8, 4) is 23.3 Å². The average molecular weight is 283 g/mol. The molecule has 0 fully saturated rings. The van der Waals surface area contributed by atoms with Crippen molar-refractivity contribution in [1.29, 1.82) is 5.26 Å². The summed E-state index contributed by atoms with van der Waals surface area (Å²) in [5.74, 6) is -0.458. The molecule has 0 heterocycles. The number of nitriles is 1. The van der Waals surface area contributed by atoms with Gasteiger partial charge in [-0.05, 0) is 24.3 Å². The number of phenols is 1. The van der Waals surface area contributed by atoms with Crippen LogP contribution in [0.1, 0.15) is 15.9 Å². The van der Waals surface area contributed by atoms with Gasteiger partial charge in [0.25, 0.3) is 5.91 Å². The molecule has 0 saturated heterocycles. The van der Waals surface area contributed by atoms with E-state index in [9.17, 15) is 9.90 Å². The molecule has 0 radical (unpaired) electrons. The molecule has 2 aromatic rings. The minimum atomic E-state index is -0.613. The summed E-state index contributed by atoms with van der Waals surface area (Å²) in [6, 6.07) is 13.2. The Labute approximate surface area is 121 Å². The predicted octanol–water partition coefficient (Wildman–Crippen LogP) is 1.70. The Morgan fingerprint density at radius 3 is 2.62 bits per heavy atom. The van der Waals surface area contributed by atoms with Crippen LogP contribution in [-0.2, 0) is 0 Å². The third-order valence-corrected chi connectivity index (χ3v) is 2.71. The summed E-state index contributed by atoms with van der Waals surface area (Å²) in [5, 5.41) is 21.4. The Morgan fingerprint density at radius 1 is 1.29 bits per heavy atom. The lowest BCUT2D eigenvalue weighted by Gasteiger charge is -2.13. The number of ether oxygens (including phenoxy) is 1. The van der Waals surface area contributed by atoms with Crippen molar-refractivity contribution in [2.45, 2.75) is 0 Å². The van der Waals surface area contributed by atoms with Gasteiger partial charge in [-0.2, -0.15) is 5.26 Å². The van der Waals surface area contributed by atoms with E-state index < -0.39 is 5.91 Å². The van der Waals surface area contributed by atoms with Crippen LogP contribution in [0.5, 0.6) is 17.2 Å². The summed E-state index contributed by atoms with van der Waals surface area (Å²) in [6.07, 6.45) is 0. The summed E-state index contributed by atoms with van der Waals surface area (Å²) in [7, 11) is 0. The summed E-state index contributed by atoms with van der Waals surface area (Å²) in [5.41, 5.74) is 5.29. The Balaban J connectivity index is 2.53. The van der Waals surface area contributed by atoms with E-state index in [0.717, 1.165) is 0 Å². The molecule has 0 atom stereocenters. The molecule has 0 aliphatic rings. The zero-order valence-electron chi connectivity index (χ0n) is 11.0. The maximum absolute atomic E-state index is 12.0. The van der Waals surface area contributed by atoms with Crippen molar-refractivity contribution in [2.24, 2.45) is 5.73 Å². The molecule has 4 N–H and O–H groups in total. The van der Waals surface area contributed by atoms with Gasteiger partial charge in [0.05, 0.1) is 12.2 Å². The van der Waals surface area contributed by atoms with E-state index in [2.05, 4.69) is 5.32 Å². The SMILES string of the molecule is N#Cc1ccc(O)c(C(=O)NCN)c1Oc1ccccc1. The number of carbonyl (C=O) groups is 1. The molecule has 21 heavy (non-hydrogen) atoms. The first-order valence-electron chi connectivity index (χ1n) is 6.14. The second-order valence-electron chi connectivity index (χ2n) is 4.07. The minimum Gasteiger partial charge on any atom is -0.507 e. The summed E-state index contributed by atoms with van der Waals surface area (Å²) < 4.78 is 5.60. The van der Waals surface area contributed by atoms with Crippen molar-refractivity contribution in [3.63, 3.8) is 0 Å². The molecule has 106 valence electrons. The largest absolute Gasteiger partial charge is 0.507 e. The number of nitrogens with two attached hydrogens (primary N) is 1. The average Bonchev–Trinajstić information content (AvgIpc) is 2.49. The molecular formula is C15H13N3O3. The Morgan fingerprint density at radius 2 is 2.00 bits per heavy atom. The summed E-state index contributed by atoms with van der Waals surface area (Å²) in [4.78, 5) is 12.0. The van der Waals surface area contributed by atoms with Gasteiger partial charge in [-0.25, -0.2) is 0 Å². The zero-order valence-corrected chi connectivity index (χ0v) is 11.0. The Hall–Kier alpha value is -3.04.